The molecule has 1 aromatic carbocycles. The number of rotatable bonds is 4. The lowest BCUT2D eigenvalue weighted by Crippen LogP contribution is -2.39. The highest BCUT2D eigenvalue weighted by molar-refractivity contribution is 9.11. The Bertz CT molecular complexity index is 678. The van der Waals surface area contributed by atoms with Gasteiger partial charge in [-0.2, -0.15) is 0 Å². The number of hydrogen-bond acceptors (Lipinski definition) is 3. The van der Waals surface area contributed by atoms with E-state index in [1.165, 1.54) is 10.4 Å². The first kappa shape index (κ1) is 17.1. The number of likely N-dealkylation sites (tertiary alicyclic amines) is 1. The molecule has 122 valence electrons. The van der Waals surface area contributed by atoms with Crippen LogP contribution >= 0.6 is 43.2 Å². The Morgan fingerprint density at radius 1 is 1.13 bits per heavy atom. The maximum atomic E-state index is 11.2. The fourth-order valence-electron chi connectivity index (χ4n) is 3.08. The van der Waals surface area contributed by atoms with Gasteiger partial charge in [-0.05, 0) is 71.7 Å². The van der Waals surface area contributed by atoms with Gasteiger partial charge in [-0.1, -0.05) is 28.1 Å². The molecular formula is C17H17Br2NO2S. The third-order valence-corrected chi connectivity index (χ3v) is 6.50. The van der Waals surface area contributed by atoms with Gasteiger partial charge in [0.25, 0.3) is 0 Å². The topological polar surface area (TPSA) is 40.5 Å². The first-order chi connectivity index (χ1) is 11.0. The van der Waals surface area contributed by atoms with Crippen molar-refractivity contribution in [3.8, 4) is 0 Å². The molecule has 23 heavy (non-hydrogen) atoms. The van der Waals surface area contributed by atoms with E-state index in [4.69, 9.17) is 0 Å². The average Bonchev–Trinajstić information content (AvgIpc) is 2.96. The summed E-state index contributed by atoms with van der Waals surface area (Å²) >= 11 is 8.79. The van der Waals surface area contributed by atoms with Gasteiger partial charge in [0.1, 0.15) is 0 Å². The van der Waals surface area contributed by atoms with E-state index in [0.29, 0.717) is 0 Å². The van der Waals surface area contributed by atoms with Gasteiger partial charge in [-0.25, -0.2) is 0 Å². The Balaban J connectivity index is 1.87. The number of carboxylic acid groups (broad SMARTS) is 1. The molecule has 1 atom stereocenters. The zero-order valence-electron chi connectivity index (χ0n) is 12.4. The Morgan fingerprint density at radius 3 is 2.30 bits per heavy atom. The molecule has 0 saturated carbocycles. The van der Waals surface area contributed by atoms with Crippen molar-refractivity contribution >= 4 is 49.2 Å². The van der Waals surface area contributed by atoms with Crippen LogP contribution in [0.5, 0.6) is 0 Å². The molecule has 0 amide bonds. The second-order valence-electron chi connectivity index (χ2n) is 5.74. The Kier molecular flexibility index (Phi) is 5.57. The van der Waals surface area contributed by atoms with Crippen molar-refractivity contribution in [2.45, 2.75) is 18.9 Å². The van der Waals surface area contributed by atoms with Gasteiger partial charge < -0.3 is 5.11 Å². The SMILES string of the molecule is O=C(O)C1CCN(C(c2ccc(Br)cc2)c2ccc(Br)s2)CC1. The molecule has 1 unspecified atom stereocenters. The zero-order chi connectivity index (χ0) is 16.4. The number of piperidine rings is 1. The lowest BCUT2D eigenvalue weighted by Gasteiger charge is -2.36. The van der Waals surface area contributed by atoms with E-state index in [1.807, 2.05) is 0 Å². The van der Waals surface area contributed by atoms with Crippen molar-refractivity contribution < 1.29 is 9.90 Å². The predicted octanol–water partition coefficient (Wildman–Crippen LogP) is 5.16. The lowest BCUT2D eigenvalue weighted by molar-refractivity contribution is -0.143. The van der Waals surface area contributed by atoms with Gasteiger partial charge in [0, 0.05) is 9.35 Å². The van der Waals surface area contributed by atoms with E-state index in [9.17, 15) is 9.90 Å². The summed E-state index contributed by atoms with van der Waals surface area (Å²) in [6.45, 7) is 1.63. The number of thiophene rings is 1. The summed E-state index contributed by atoms with van der Waals surface area (Å²) in [4.78, 5) is 14.9. The average molecular weight is 459 g/mol. The fraction of sp³-hybridized carbons (Fsp3) is 0.353. The molecule has 1 aliphatic rings. The van der Waals surface area contributed by atoms with Crippen LogP contribution < -0.4 is 0 Å². The first-order valence-corrected chi connectivity index (χ1v) is 9.92. The van der Waals surface area contributed by atoms with Crippen LogP contribution in [-0.2, 0) is 4.79 Å². The highest BCUT2D eigenvalue weighted by Gasteiger charge is 2.30. The first-order valence-electron chi connectivity index (χ1n) is 7.52. The Morgan fingerprint density at radius 2 is 1.78 bits per heavy atom. The standard InChI is InChI=1S/C17H17Br2NO2S/c18-13-3-1-11(2-4-13)16(14-5-6-15(19)23-14)20-9-7-12(8-10-20)17(21)22/h1-6,12,16H,7-10H2,(H,21,22). The van der Waals surface area contributed by atoms with Gasteiger partial charge in [0.05, 0.1) is 15.7 Å². The van der Waals surface area contributed by atoms with E-state index in [-0.39, 0.29) is 12.0 Å². The summed E-state index contributed by atoms with van der Waals surface area (Å²) < 4.78 is 2.19. The second-order valence-corrected chi connectivity index (χ2v) is 9.15. The maximum Gasteiger partial charge on any atom is 0.306 e. The normalized spacial score (nSPS) is 18.0. The van der Waals surface area contributed by atoms with Crippen LogP contribution in [-0.4, -0.2) is 29.1 Å². The van der Waals surface area contributed by atoms with Gasteiger partial charge in [-0.15, -0.1) is 11.3 Å². The molecule has 1 saturated heterocycles. The highest BCUT2D eigenvalue weighted by Crippen LogP contribution is 2.37. The highest BCUT2D eigenvalue weighted by atomic mass is 79.9. The minimum Gasteiger partial charge on any atom is -0.481 e. The molecule has 3 nitrogen and oxygen atoms in total. The van der Waals surface area contributed by atoms with Crippen LogP contribution in [0.1, 0.15) is 29.3 Å². The summed E-state index contributed by atoms with van der Waals surface area (Å²) in [5.74, 6) is -0.865. The molecule has 0 spiro atoms. The van der Waals surface area contributed by atoms with Crippen LogP contribution in [0.3, 0.4) is 0 Å². The van der Waals surface area contributed by atoms with E-state index >= 15 is 0 Å². The molecule has 1 N–H and O–H groups in total. The van der Waals surface area contributed by atoms with Crippen molar-refractivity contribution in [1.82, 2.24) is 4.90 Å². The van der Waals surface area contributed by atoms with Gasteiger partial charge in [-0.3, -0.25) is 9.69 Å². The smallest absolute Gasteiger partial charge is 0.306 e. The number of aliphatic carboxylic acids is 1. The minimum atomic E-state index is -0.663. The predicted molar refractivity (Wildman–Crippen MR) is 99.9 cm³/mol. The van der Waals surface area contributed by atoms with Crippen LogP contribution in [0.4, 0.5) is 0 Å². The Hall–Kier alpha value is -0.690. The van der Waals surface area contributed by atoms with Crippen LogP contribution in [0, 0.1) is 5.92 Å². The van der Waals surface area contributed by atoms with Crippen molar-refractivity contribution in [3.05, 3.63) is 55.1 Å². The summed E-state index contributed by atoms with van der Waals surface area (Å²) in [5.41, 5.74) is 1.25. The molecule has 1 aliphatic heterocycles. The Labute approximate surface area is 156 Å². The van der Waals surface area contributed by atoms with Gasteiger partial charge in [0.2, 0.25) is 0 Å². The van der Waals surface area contributed by atoms with Crippen LogP contribution in [0.2, 0.25) is 0 Å². The van der Waals surface area contributed by atoms with E-state index in [2.05, 4.69) is 73.2 Å². The largest absolute Gasteiger partial charge is 0.481 e. The lowest BCUT2D eigenvalue weighted by atomic mass is 9.94. The third kappa shape index (κ3) is 4.05. The molecule has 0 radical (unpaired) electrons. The number of carbonyl (C=O) groups is 1. The molecular weight excluding hydrogens is 442 g/mol. The molecule has 2 heterocycles. The minimum absolute atomic E-state index is 0.189. The number of hydrogen-bond donors (Lipinski definition) is 1. The number of carboxylic acids is 1. The molecule has 1 fully saturated rings. The second kappa shape index (κ2) is 7.47. The van der Waals surface area contributed by atoms with Crippen molar-refractivity contribution in [3.63, 3.8) is 0 Å². The summed E-state index contributed by atoms with van der Waals surface area (Å²) in [5, 5.41) is 9.20. The van der Waals surface area contributed by atoms with Gasteiger partial charge in [0.15, 0.2) is 0 Å². The van der Waals surface area contributed by atoms with E-state index in [0.717, 1.165) is 34.2 Å². The van der Waals surface area contributed by atoms with Crippen LogP contribution in [0.25, 0.3) is 0 Å². The molecule has 3 rings (SSSR count). The fourth-order valence-corrected chi connectivity index (χ4v) is 4.93. The maximum absolute atomic E-state index is 11.2. The molecule has 1 aromatic heterocycles. The summed E-state index contributed by atoms with van der Waals surface area (Å²) in [6, 6.07) is 12.8. The van der Waals surface area contributed by atoms with Crippen molar-refractivity contribution in [2.24, 2.45) is 5.92 Å². The third-order valence-electron chi connectivity index (χ3n) is 4.29. The molecule has 0 aliphatic carbocycles. The molecule has 2 aromatic rings. The zero-order valence-corrected chi connectivity index (χ0v) is 16.4. The van der Waals surface area contributed by atoms with Gasteiger partial charge >= 0.3 is 5.97 Å². The summed E-state index contributed by atoms with van der Waals surface area (Å²) in [7, 11) is 0. The van der Waals surface area contributed by atoms with Crippen LogP contribution in [0.15, 0.2) is 44.7 Å². The number of benzene rings is 1. The van der Waals surface area contributed by atoms with Crippen molar-refractivity contribution in [1.29, 1.82) is 0 Å². The quantitative estimate of drug-likeness (QED) is 0.687. The van der Waals surface area contributed by atoms with E-state index in [1.54, 1.807) is 11.3 Å². The molecule has 6 heteroatoms. The monoisotopic (exact) mass is 457 g/mol. The van der Waals surface area contributed by atoms with E-state index < -0.39 is 5.97 Å². The number of halogens is 2. The summed E-state index contributed by atoms with van der Waals surface area (Å²) in [6.07, 6.45) is 1.43. The van der Waals surface area contributed by atoms with Crippen molar-refractivity contribution in [2.75, 3.05) is 13.1 Å². The number of nitrogens with zero attached hydrogens (tertiary/aromatic N) is 1. The molecule has 0 bridgehead atoms.